The smallest absolute Gasteiger partial charge is 0.465 e. The van der Waals surface area contributed by atoms with Crippen molar-refractivity contribution >= 4 is 29.8 Å². The van der Waals surface area contributed by atoms with E-state index in [-0.39, 0.29) is 19.8 Å². The second-order valence-corrected chi connectivity index (χ2v) is 10.0. The number of alkyl halides is 1. The summed E-state index contributed by atoms with van der Waals surface area (Å²) in [5.74, 6) is 0.0740. The Bertz CT molecular complexity index is 1120. The average Bonchev–Trinajstić information content (AvgIpc) is 2.90. The topological polar surface area (TPSA) is 82.1 Å². The number of aliphatic hydroxyl groups excluding tert-OH is 1. The van der Waals surface area contributed by atoms with Gasteiger partial charge in [-0.05, 0) is 72.4 Å². The second-order valence-electron chi connectivity index (χ2n) is 9.65. The first kappa shape index (κ1) is 26.2. The monoisotopic (exact) mass is 512 g/mol. The number of halogens is 1. The number of aliphatic hydroxyl groups is 1. The third-order valence-electron chi connectivity index (χ3n) is 6.92. The second kappa shape index (κ2) is 11.9. The first-order valence-corrected chi connectivity index (χ1v) is 13.0. The van der Waals surface area contributed by atoms with Crippen molar-refractivity contribution in [2.45, 2.75) is 44.9 Å². The maximum Gasteiger partial charge on any atom is 0.508 e. The molecule has 36 heavy (non-hydrogen) atoms. The van der Waals surface area contributed by atoms with Crippen molar-refractivity contribution in [1.82, 2.24) is 0 Å². The van der Waals surface area contributed by atoms with Crippen LogP contribution < -0.4 is 0 Å². The largest absolute Gasteiger partial charge is 0.508 e. The minimum absolute atomic E-state index is 0.150. The molecule has 4 rings (SSSR count). The number of allylic oxidation sites excluding steroid dienone is 7. The Hall–Kier alpha value is -2.83. The number of aryl methyl sites for hydroxylation is 1. The summed E-state index contributed by atoms with van der Waals surface area (Å²) in [6.07, 6.45) is 16.4. The Morgan fingerprint density at radius 1 is 1.06 bits per heavy atom. The van der Waals surface area contributed by atoms with E-state index < -0.39 is 24.1 Å². The van der Waals surface area contributed by atoms with E-state index in [1.807, 2.05) is 0 Å². The van der Waals surface area contributed by atoms with Crippen LogP contribution in [-0.4, -0.2) is 49.5 Å². The molecule has 0 heterocycles. The van der Waals surface area contributed by atoms with Crippen molar-refractivity contribution in [3.05, 3.63) is 75.9 Å². The fourth-order valence-electron chi connectivity index (χ4n) is 4.79. The Labute approximate surface area is 217 Å². The van der Waals surface area contributed by atoms with Crippen molar-refractivity contribution in [3.8, 4) is 0 Å². The molecule has 0 amide bonds. The Morgan fingerprint density at radius 3 is 2.69 bits per heavy atom. The molecule has 7 heteroatoms. The molecule has 2 unspecified atom stereocenters. The molecule has 2 atom stereocenters. The van der Waals surface area contributed by atoms with Gasteiger partial charge in [0.15, 0.2) is 0 Å². The van der Waals surface area contributed by atoms with E-state index in [1.54, 1.807) is 0 Å². The first-order chi connectivity index (χ1) is 17.5. The molecular formula is C29H33ClO6. The van der Waals surface area contributed by atoms with Crippen LogP contribution in [0.5, 0.6) is 0 Å². The van der Waals surface area contributed by atoms with Gasteiger partial charge in [-0.3, -0.25) is 4.79 Å². The molecule has 0 bridgehead atoms. The molecule has 192 valence electrons. The highest BCUT2D eigenvalue weighted by Crippen LogP contribution is 2.46. The normalized spacial score (nSPS) is 18.5. The Balaban J connectivity index is 1.23. The molecule has 0 saturated carbocycles. The molecule has 0 radical (unpaired) electrons. The maximum absolute atomic E-state index is 12.2. The van der Waals surface area contributed by atoms with Crippen LogP contribution in [0.25, 0.3) is 6.08 Å². The fourth-order valence-corrected chi connectivity index (χ4v) is 4.90. The van der Waals surface area contributed by atoms with Crippen LogP contribution >= 0.6 is 11.6 Å². The highest BCUT2D eigenvalue weighted by Gasteiger charge is 2.36. The predicted molar refractivity (Wildman–Crippen MR) is 139 cm³/mol. The number of benzene rings is 1. The molecular weight excluding hydrogens is 480 g/mol. The summed E-state index contributed by atoms with van der Waals surface area (Å²) in [6.45, 7) is 1.01. The molecule has 3 aliphatic carbocycles. The lowest BCUT2D eigenvalue weighted by molar-refractivity contribution is -0.160. The Kier molecular flexibility index (Phi) is 8.70. The zero-order valence-electron chi connectivity index (χ0n) is 20.6. The van der Waals surface area contributed by atoms with Gasteiger partial charge in [0.1, 0.15) is 12.0 Å². The van der Waals surface area contributed by atoms with Crippen LogP contribution in [-0.2, 0) is 31.8 Å². The van der Waals surface area contributed by atoms with E-state index in [2.05, 4.69) is 48.6 Å². The van der Waals surface area contributed by atoms with Crippen molar-refractivity contribution in [1.29, 1.82) is 0 Å². The van der Waals surface area contributed by atoms with Crippen molar-refractivity contribution < 1.29 is 28.9 Å². The van der Waals surface area contributed by atoms with Gasteiger partial charge in [-0.2, -0.15) is 0 Å². The molecule has 6 nitrogen and oxygen atoms in total. The number of unbranched alkanes of at least 4 members (excludes halogenated alkanes) is 1. The van der Waals surface area contributed by atoms with Gasteiger partial charge in [0.25, 0.3) is 0 Å². The summed E-state index contributed by atoms with van der Waals surface area (Å²) >= 11 is 5.58. The Morgan fingerprint density at radius 2 is 1.89 bits per heavy atom. The van der Waals surface area contributed by atoms with Crippen molar-refractivity contribution in [2.75, 3.05) is 32.3 Å². The van der Waals surface area contributed by atoms with Gasteiger partial charge in [-0.25, -0.2) is 4.79 Å². The third kappa shape index (κ3) is 5.76. The number of hydrogen-bond donors (Lipinski definition) is 1. The number of hydrogen-bond acceptors (Lipinski definition) is 6. The van der Waals surface area contributed by atoms with Gasteiger partial charge in [0.05, 0.1) is 19.8 Å². The summed E-state index contributed by atoms with van der Waals surface area (Å²) in [7, 11) is 0. The van der Waals surface area contributed by atoms with Crippen LogP contribution in [0.15, 0.2) is 53.7 Å². The number of ether oxygens (including phenoxy) is 3. The van der Waals surface area contributed by atoms with E-state index >= 15 is 0 Å². The minimum Gasteiger partial charge on any atom is -0.465 e. The van der Waals surface area contributed by atoms with E-state index in [4.69, 9.17) is 25.8 Å². The molecule has 0 aromatic heterocycles. The van der Waals surface area contributed by atoms with Crippen LogP contribution in [0.1, 0.15) is 54.4 Å². The molecule has 0 fully saturated rings. The predicted octanol–water partition coefficient (Wildman–Crippen LogP) is 5.42. The lowest BCUT2D eigenvalue weighted by Gasteiger charge is -2.34. The lowest BCUT2D eigenvalue weighted by atomic mass is 9.70. The summed E-state index contributed by atoms with van der Waals surface area (Å²) in [5, 5.41) is 9.59. The molecule has 0 spiro atoms. The van der Waals surface area contributed by atoms with Gasteiger partial charge in [-0.15, -0.1) is 11.6 Å². The number of carbonyl (C=O) groups excluding carboxylic acids is 2. The van der Waals surface area contributed by atoms with Crippen molar-refractivity contribution in [3.63, 3.8) is 0 Å². The highest BCUT2D eigenvalue weighted by molar-refractivity contribution is 6.17. The van der Waals surface area contributed by atoms with E-state index in [1.165, 1.54) is 40.3 Å². The van der Waals surface area contributed by atoms with Gasteiger partial charge in [-0.1, -0.05) is 48.6 Å². The SMILES string of the molecule is CC(CO)(COC(=O)OCCCCc1ccc2c3c1C=CC1=CC=CC(=CC2)C13)C(=O)OCCCCl. The quantitative estimate of drug-likeness (QED) is 0.229. The standard InChI is InChI=1S/C29H33ClO6/c1-29(18-31,27(32)34-17-5-15-30)19-36-28(33)35-16-3-2-6-20-9-10-23-12-11-21-7-4-8-22-13-14-24(20)26(23)25(21)22/h4,7-11,13-14,25,31H,2-3,5-6,12,15-19H2,1H3. The average molecular weight is 513 g/mol. The third-order valence-corrected chi connectivity index (χ3v) is 7.19. The lowest BCUT2D eigenvalue weighted by Crippen LogP contribution is -2.39. The number of carbonyl (C=O) groups is 2. The highest BCUT2D eigenvalue weighted by atomic mass is 35.5. The molecule has 1 aromatic rings. The zero-order chi connectivity index (χ0) is 25.5. The first-order valence-electron chi connectivity index (χ1n) is 12.5. The van der Waals surface area contributed by atoms with Crippen molar-refractivity contribution in [2.24, 2.45) is 5.41 Å². The van der Waals surface area contributed by atoms with Crippen LogP contribution in [0.2, 0.25) is 0 Å². The number of esters is 1. The molecule has 3 aliphatic rings. The molecule has 1 N–H and O–H groups in total. The minimum atomic E-state index is -1.34. The molecule has 0 aliphatic heterocycles. The van der Waals surface area contributed by atoms with E-state index in [0.29, 0.717) is 24.6 Å². The van der Waals surface area contributed by atoms with Gasteiger partial charge in [0.2, 0.25) is 0 Å². The molecule has 1 aromatic carbocycles. The van der Waals surface area contributed by atoms with Gasteiger partial charge < -0.3 is 19.3 Å². The summed E-state index contributed by atoms with van der Waals surface area (Å²) in [5.41, 5.74) is 6.88. The van der Waals surface area contributed by atoms with E-state index in [0.717, 1.165) is 19.3 Å². The summed E-state index contributed by atoms with van der Waals surface area (Å²) < 4.78 is 15.3. The zero-order valence-corrected chi connectivity index (χ0v) is 21.4. The summed E-state index contributed by atoms with van der Waals surface area (Å²) in [4.78, 5) is 24.2. The van der Waals surface area contributed by atoms with Gasteiger partial charge >= 0.3 is 12.1 Å². The van der Waals surface area contributed by atoms with Crippen LogP contribution in [0.4, 0.5) is 4.79 Å². The van der Waals surface area contributed by atoms with Gasteiger partial charge in [0, 0.05) is 11.8 Å². The fraction of sp³-hybridized carbons (Fsp3) is 0.448. The summed E-state index contributed by atoms with van der Waals surface area (Å²) in [6, 6.07) is 4.48. The molecule has 0 saturated heterocycles. The van der Waals surface area contributed by atoms with E-state index in [9.17, 15) is 14.7 Å². The van der Waals surface area contributed by atoms with Crippen LogP contribution in [0, 0.1) is 5.41 Å². The van der Waals surface area contributed by atoms with Crippen LogP contribution in [0.3, 0.4) is 0 Å². The number of rotatable bonds is 12. The maximum atomic E-state index is 12.2.